The van der Waals surface area contributed by atoms with E-state index in [4.69, 9.17) is 15.2 Å². The van der Waals surface area contributed by atoms with E-state index in [9.17, 15) is 0 Å². The van der Waals surface area contributed by atoms with Crippen molar-refractivity contribution >= 4 is 5.69 Å². The van der Waals surface area contributed by atoms with Crippen molar-refractivity contribution < 1.29 is 9.47 Å². The van der Waals surface area contributed by atoms with Gasteiger partial charge in [-0.15, -0.1) is 0 Å². The van der Waals surface area contributed by atoms with Gasteiger partial charge in [-0.1, -0.05) is 24.6 Å². The van der Waals surface area contributed by atoms with E-state index in [1.165, 1.54) is 19.3 Å². The van der Waals surface area contributed by atoms with Crippen LogP contribution in [-0.2, 0) is 9.47 Å². The van der Waals surface area contributed by atoms with E-state index in [1.54, 1.807) is 0 Å². The van der Waals surface area contributed by atoms with Gasteiger partial charge >= 0.3 is 0 Å². The lowest BCUT2D eigenvalue weighted by Crippen LogP contribution is -2.33. The average Bonchev–Trinajstić information content (AvgIpc) is 2.67. The van der Waals surface area contributed by atoms with Crippen molar-refractivity contribution in [3.63, 3.8) is 0 Å². The van der Waals surface area contributed by atoms with E-state index in [-0.39, 0.29) is 12.2 Å². The van der Waals surface area contributed by atoms with E-state index in [2.05, 4.69) is 6.92 Å². The van der Waals surface area contributed by atoms with Crippen LogP contribution in [0.15, 0.2) is 24.3 Å². The van der Waals surface area contributed by atoms with E-state index >= 15 is 0 Å². The molecule has 18 heavy (non-hydrogen) atoms. The highest BCUT2D eigenvalue weighted by molar-refractivity contribution is 5.48. The van der Waals surface area contributed by atoms with E-state index in [0.717, 1.165) is 24.1 Å². The largest absolute Gasteiger partial charge is 0.398 e. The van der Waals surface area contributed by atoms with Crippen molar-refractivity contribution in [2.24, 2.45) is 0 Å². The smallest absolute Gasteiger partial charge is 0.169 e. The maximum absolute atomic E-state index is 6.20. The molecule has 2 atom stereocenters. The number of hydrogen-bond donors (Lipinski definition) is 1. The van der Waals surface area contributed by atoms with Gasteiger partial charge in [-0.3, -0.25) is 0 Å². The summed E-state index contributed by atoms with van der Waals surface area (Å²) in [4.78, 5) is 0. The molecule has 1 aromatic carbocycles. The molecule has 3 heteroatoms. The molecule has 3 rings (SSSR count). The molecule has 97 valence electrons. The monoisotopic (exact) mass is 246 g/mol. The molecule has 2 fully saturated rings. The van der Waals surface area contributed by atoms with Gasteiger partial charge in [0.05, 0.1) is 6.10 Å². The van der Waals surface area contributed by atoms with E-state index in [0.29, 0.717) is 0 Å². The van der Waals surface area contributed by atoms with E-state index < -0.39 is 5.79 Å². The first kappa shape index (κ1) is 12.0. The molecule has 1 radical (unpaired) electrons. The summed E-state index contributed by atoms with van der Waals surface area (Å²) in [7, 11) is 0. The number of nitrogen functional groups attached to an aromatic ring is 1. The fraction of sp³-hybridized carbons (Fsp3) is 0.533. The third-order valence-corrected chi connectivity index (χ3v) is 3.96. The summed E-state index contributed by atoms with van der Waals surface area (Å²) in [6.07, 6.45) is 5.25. The maximum Gasteiger partial charge on any atom is 0.169 e. The standard InChI is InChI=1S/C15H20NO2/c1-11-14(12-7-3-4-8-13(12)16)18-15(17-11)9-5-2-6-10-15/h3-4,7-8,11,14H,1-2,5-6,9-10,16H2/t11-,14+/m0/s1. The Hall–Kier alpha value is -1.06. The molecule has 3 nitrogen and oxygen atoms in total. The Morgan fingerprint density at radius 2 is 1.83 bits per heavy atom. The van der Waals surface area contributed by atoms with Crippen LogP contribution in [0.5, 0.6) is 0 Å². The molecule has 1 aliphatic heterocycles. The highest BCUT2D eigenvalue weighted by Gasteiger charge is 2.47. The predicted octanol–water partition coefficient (Wildman–Crippen LogP) is 3.22. The van der Waals surface area contributed by atoms with Crippen LogP contribution in [0.3, 0.4) is 0 Å². The van der Waals surface area contributed by atoms with Gasteiger partial charge in [0.15, 0.2) is 5.79 Å². The second-order valence-corrected chi connectivity index (χ2v) is 5.30. The summed E-state index contributed by atoms with van der Waals surface area (Å²) < 4.78 is 12.2. The van der Waals surface area contributed by atoms with Gasteiger partial charge in [-0.25, -0.2) is 0 Å². The lowest BCUT2D eigenvalue weighted by atomic mass is 9.94. The Morgan fingerprint density at radius 3 is 2.56 bits per heavy atom. The van der Waals surface area contributed by atoms with Crippen molar-refractivity contribution in [3.8, 4) is 0 Å². The van der Waals surface area contributed by atoms with Gasteiger partial charge in [0.1, 0.15) is 6.10 Å². The van der Waals surface area contributed by atoms with Crippen LogP contribution < -0.4 is 5.73 Å². The van der Waals surface area contributed by atoms with Gasteiger partial charge in [0, 0.05) is 24.1 Å². The SMILES string of the molecule is [CH2][C@@H]1OC2(CCCCC2)O[C@H]1c1ccccc1N. The third kappa shape index (κ3) is 2.02. The molecule has 2 aliphatic rings. The van der Waals surface area contributed by atoms with Crippen LogP contribution in [0.4, 0.5) is 5.69 Å². The number of nitrogens with two attached hydrogens (primary N) is 1. The minimum Gasteiger partial charge on any atom is -0.398 e. The molecule has 0 amide bonds. The molecule has 0 bridgehead atoms. The van der Waals surface area contributed by atoms with Crippen molar-refractivity contribution in [1.29, 1.82) is 0 Å². The molecule has 0 unspecified atom stereocenters. The molecular formula is C15H20NO2. The molecule has 1 aliphatic carbocycles. The minimum atomic E-state index is -0.405. The summed E-state index contributed by atoms with van der Waals surface area (Å²) in [6.45, 7) is 4.08. The van der Waals surface area contributed by atoms with Gasteiger partial charge in [0.25, 0.3) is 0 Å². The van der Waals surface area contributed by atoms with Crippen LogP contribution in [0, 0.1) is 6.92 Å². The van der Waals surface area contributed by atoms with E-state index in [1.807, 2.05) is 24.3 Å². The van der Waals surface area contributed by atoms with Gasteiger partial charge in [-0.2, -0.15) is 0 Å². The maximum atomic E-state index is 6.20. The van der Waals surface area contributed by atoms with Gasteiger partial charge in [0.2, 0.25) is 0 Å². The molecular weight excluding hydrogens is 226 g/mol. The molecule has 1 heterocycles. The molecule has 1 aromatic rings. The molecule has 1 saturated carbocycles. The quantitative estimate of drug-likeness (QED) is 0.774. The molecule has 2 N–H and O–H groups in total. The van der Waals surface area contributed by atoms with Crippen molar-refractivity contribution in [3.05, 3.63) is 36.8 Å². The Balaban J connectivity index is 1.84. The number of rotatable bonds is 1. The van der Waals surface area contributed by atoms with Crippen molar-refractivity contribution in [1.82, 2.24) is 0 Å². The van der Waals surface area contributed by atoms with Gasteiger partial charge in [-0.05, 0) is 25.8 Å². The minimum absolute atomic E-state index is 0.135. The van der Waals surface area contributed by atoms with Crippen LogP contribution >= 0.6 is 0 Å². The predicted molar refractivity (Wildman–Crippen MR) is 70.7 cm³/mol. The Labute approximate surface area is 108 Å². The second-order valence-electron chi connectivity index (χ2n) is 5.30. The zero-order valence-corrected chi connectivity index (χ0v) is 10.6. The summed E-state index contributed by atoms with van der Waals surface area (Å²) in [6, 6.07) is 7.82. The first-order valence-corrected chi connectivity index (χ1v) is 6.73. The number of benzene rings is 1. The fourth-order valence-electron chi connectivity index (χ4n) is 3.03. The zero-order valence-electron chi connectivity index (χ0n) is 10.6. The highest BCUT2D eigenvalue weighted by Crippen LogP contribution is 2.46. The van der Waals surface area contributed by atoms with Gasteiger partial charge < -0.3 is 15.2 Å². The zero-order chi connectivity index (χ0) is 12.6. The molecule has 0 aromatic heterocycles. The second kappa shape index (κ2) is 4.56. The van der Waals surface area contributed by atoms with Crippen molar-refractivity contribution in [2.75, 3.05) is 5.73 Å². The van der Waals surface area contributed by atoms with Crippen LogP contribution in [-0.4, -0.2) is 11.9 Å². The number of para-hydroxylation sites is 1. The Bertz CT molecular complexity index is 426. The Kier molecular flexibility index (Phi) is 3.04. The number of ether oxygens (including phenoxy) is 2. The van der Waals surface area contributed by atoms with Crippen LogP contribution in [0.1, 0.15) is 43.8 Å². The average molecular weight is 246 g/mol. The Morgan fingerprint density at radius 1 is 1.11 bits per heavy atom. The van der Waals surface area contributed by atoms with Crippen LogP contribution in [0.25, 0.3) is 0 Å². The third-order valence-electron chi connectivity index (χ3n) is 3.96. The lowest BCUT2D eigenvalue weighted by Gasteiger charge is -2.31. The molecule has 1 saturated heterocycles. The van der Waals surface area contributed by atoms with Crippen molar-refractivity contribution in [2.45, 2.75) is 50.1 Å². The lowest BCUT2D eigenvalue weighted by molar-refractivity contribution is -0.192. The highest BCUT2D eigenvalue weighted by atomic mass is 16.8. The summed E-state index contributed by atoms with van der Waals surface area (Å²) in [5.74, 6) is -0.405. The topological polar surface area (TPSA) is 44.5 Å². The fourth-order valence-corrected chi connectivity index (χ4v) is 3.03. The normalized spacial score (nSPS) is 30.7. The number of anilines is 1. The summed E-state index contributed by atoms with van der Waals surface area (Å²) in [5.41, 5.74) is 7.77. The first-order chi connectivity index (χ1) is 8.70. The number of hydrogen-bond acceptors (Lipinski definition) is 3. The summed E-state index contributed by atoms with van der Waals surface area (Å²) in [5, 5.41) is 0. The first-order valence-electron chi connectivity index (χ1n) is 6.73. The summed E-state index contributed by atoms with van der Waals surface area (Å²) >= 11 is 0. The van der Waals surface area contributed by atoms with Crippen LogP contribution in [0.2, 0.25) is 0 Å². The molecule has 1 spiro atoms.